The molecule has 4 atom stereocenters. The fourth-order valence-electron chi connectivity index (χ4n) is 3.70. The summed E-state index contributed by atoms with van der Waals surface area (Å²) in [5.74, 6) is 0. The smallest absolute Gasteiger partial charge is 0.175 e. The largest absolute Gasteiger partial charge is 0.377 e. The first kappa shape index (κ1) is 17.9. The van der Waals surface area contributed by atoms with E-state index in [-0.39, 0.29) is 12.2 Å². The second kappa shape index (κ2) is 7.52. The van der Waals surface area contributed by atoms with Crippen LogP contribution in [0.5, 0.6) is 0 Å². The fourth-order valence-corrected chi connectivity index (χ4v) is 4.33. The minimum atomic E-state index is -3.13. The highest BCUT2D eigenvalue weighted by Gasteiger charge is 2.27. The monoisotopic (exact) mass is 352 g/mol. The Morgan fingerprint density at radius 1 is 1.17 bits per heavy atom. The Morgan fingerprint density at radius 2 is 1.92 bits per heavy atom. The zero-order valence-corrected chi connectivity index (χ0v) is 15.3. The van der Waals surface area contributed by atoms with Crippen molar-refractivity contribution in [1.82, 2.24) is 10.6 Å². The normalized spacial score (nSPS) is 29.5. The molecule has 134 valence electrons. The minimum absolute atomic E-state index is 0.265. The molecule has 0 bridgehead atoms. The van der Waals surface area contributed by atoms with E-state index in [1.54, 1.807) is 12.1 Å². The van der Waals surface area contributed by atoms with Crippen molar-refractivity contribution in [3.63, 3.8) is 0 Å². The summed E-state index contributed by atoms with van der Waals surface area (Å²) >= 11 is 0. The van der Waals surface area contributed by atoms with Crippen LogP contribution >= 0.6 is 0 Å². The van der Waals surface area contributed by atoms with Gasteiger partial charge in [-0.05, 0) is 56.7 Å². The summed E-state index contributed by atoms with van der Waals surface area (Å²) in [6, 6.07) is 7.88. The van der Waals surface area contributed by atoms with E-state index >= 15 is 0 Å². The van der Waals surface area contributed by atoms with Crippen molar-refractivity contribution in [3.05, 3.63) is 29.8 Å². The van der Waals surface area contributed by atoms with Gasteiger partial charge >= 0.3 is 0 Å². The summed E-state index contributed by atoms with van der Waals surface area (Å²) in [7, 11) is -3.13. The lowest BCUT2D eigenvalue weighted by Gasteiger charge is -2.35. The predicted octanol–water partition coefficient (Wildman–Crippen LogP) is 2.39. The maximum Gasteiger partial charge on any atom is 0.175 e. The van der Waals surface area contributed by atoms with E-state index in [1.165, 1.54) is 6.26 Å². The van der Waals surface area contributed by atoms with E-state index in [0.29, 0.717) is 17.0 Å². The first-order valence-corrected chi connectivity index (χ1v) is 10.8. The molecule has 6 heteroatoms. The molecule has 0 amide bonds. The Morgan fingerprint density at radius 3 is 2.54 bits per heavy atom. The lowest BCUT2D eigenvalue weighted by molar-refractivity contribution is 0.0742. The van der Waals surface area contributed by atoms with Gasteiger partial charge in [0.1, 0.15) is 0 Å². The van der Waals surface area contributed by atoms with Crippen molar-refractivity contribution < 1.29 is 13.2 Å². The van der Waals surface area contributed by atoms with Crippen molar-refractivity contribution in [2.75, 3.05) is 12.9 Å². The van der Waals surface area contributed by atoms with Gasteiger partial charge in [0.15, 0.2) is 9.84 Å². The van der Waals surface area contributed by atoms with Crippen molar-refractivity contribution in [1.29, 1.82) is 0 Å². The first-order chi connectivity index (χ1) is 11.4. The van der Waals surface area contributed by atoms with E-state index in [2.05, 4.69) is 17.6 Å². The van der Waals surface area contributed by atoms with Crippen molar-refractivity contribution >= 4 is 9.84 Å². The van der Waals surface area contributed by atoms with Crippen LogP contribution < -0.4 is 10.6 Å². The molecule has 5 nitrogen and oxygen atoms in total. The van der Waals surface area contributed by atoms with E-state index in [1.807, 2.05) is 12.1 Å². The molecular formula is C18H28N2O3S. The fraction of sp³-hybridized carbons (Fsp3) is 0.667. The second-order valence-electron chi connectivity index (χ2n) is 7.05. The standard InChI is InChI=1S/C18H28N2O3S/c1-13(17-6-4-12-23-17)19-18-7-3-5-16(20-18)14-8-10-15(11-9-14)24(2,21)22/h8-11,13,16-20H,3-7,12H2,1-2H3/t13-,16?,17?,18?/m1/s1. The SMILES string of the molecule is C[C@@H](NC1CCCC(c2ccc(S(C)(=O)=O)cc2)N1)C1CCCO1. The molecule has 2 N–H and O–H groups in total. The number of rotatable bonds is 5. The molecule has 24 heavy (non-hydrogen) atoms. The number of nitrogens with one attached hydrogen (secondary N) is 2. The van der Waals surface area contributed by atoms with Gasteiger partial charge in [-0.1, -0.05) is 12.1 Å². The Kier molecular flexibility index (Phi) is 5.59. The third-order valence-electron chi connectivity index (χ3n) is 5.09. The van der Waals surface area contributed by atoms with Gasteiger partial charge in [0, 0.05) is 24.9 Å². The van der Waals surface area contributed by atoms with Crippen LogP contribution in [-0.2, 0) is 14.6 Å². The summed E-state index contributed by atoms with van der Waals surface area (Å²) < 4.78 is 28.9. The molecule has 0 radical (unpaired) electrons. The molecule has 1 aromatic carbocycles. The topological polar surface area (TPSA) is 67.4 Å². The number of benzene rings is 1. The summed E-state index contributed by atoms with van der Waals surface area (Å²) in [4.78, 5) is 0.378. The van der Waals surface area contributed by atoms with Gasteiger partial charge in [-0.25, -0.2) is 8.42 Å². The lowest BCUT2D eigenvalue weighted by Crippen LogP contribution is -2.52. The van der Waals surface area contributed by atoms with Gasteiger partial charge in [-0.15, -0.1) is 0 Å². The Balaban J connectivity index is 1.60. The Labute approximate surface area is 145 Å². The van der Waals surface area contributed by atoms with Crippen LogP contribution in [0, 0.1) is 0 Å². The third-order valence-corrected chi connectivity index (χ3v) is 6.21. The molecular weight excluding hydrogens is 324 g/mol. The third kappa shape index (κ3) is 4.36. The second-order valence-corrected chi connectivity index (χ2v) is 9.07. The van der Waals surface area contributed by atoms with Gasteiger partial charge in [0.2, 0.25) is 0 Å². The van der Waals surface area contributed by atoms with Crippen LogP contribution in [0.4, 0.5) is 0 Å². The van der Waals surface area contributed by atoms with Gasteiger partial charge < -0.3 is 4.74 Å². The number of piperidine rings is 1. The minimum Gasteiger partial charge on any atom is -0.377 e. The van der Waals surface area contributed by atoms with E-state index in [4.69, 9.17) is 4.74 Å². The Bertz CT molecular complexity index is 639. The van der Waals surface area contributed by atoms with Crippen LogP contribution in [0.15, 0.2) is 29.2 Å². The van der Waals surface area contributed by atoms with Gasteiger partial charge in [-0.2, -0.15) is 0 Å². The molecule has 2 heterocycles. The van der Waals surface area contributed by atoms with E-state index < -0.39 is 9.84 Å². The van der Waals surface area contributed by atoms with Crippen LogP contribution in [0.2, 0.25) is 0 Å². The maximum atomic E-state index is 11.6. The molecule has 3 rings (SSSR count). The number of ether oxygens (including phenoxy) is 1. The van der Waals surface area contributed by atoms with Crippen molar-refractivity contribution in [3.8, 4) is 0 Å². The van der Waals surface area contributed by atoms with Crippen LogP contribution in [0.1, 0.15) is 50.6 Å². The van der Waals surface area contributed by atoms with Crippen LogP contribution in [-0.4, -0.2) is 39.6 Å². The van der Waals surface area contributed by atoms with Crippen LogP contribution in [0.3, 0.4) is 0 Å². The zero-order chi connectivity index (χ0) is 17.2. The number of hydrogen-bond acceptors (Lipinski definition) is 5. The van der Waals surface area contributed by atoms with Crippen molar-refractivity contribution in [2.45, 2.75) is 68.3 Å². The van der Waals surface area contributed by atoms with E-state index in [0.717, 1.165) is 44.3 Å². The molecule has 0 spiro atoms. The first-order valence-electron chi connectivity index (χ1n) is 8.87. The molecule has 0 saturated carbocycles. The average molecular weight is 353 g/mol. The molecule has 2 aliphatic rings. The van der Waals surface area contributed by atoms with E-state index in [9.17, 15) is 8.42 Å². The average Bonchev–Trinajstić information content (AvgIpc) is 3.09. The Hall–Kier alpha value is -0.950. The molecule has 0 aliphatic carbocycles. The molecule has 0 aromatic heterocycles. The molecule has 2 saturated heterocycles. The van der Waals surface area contributed by atoms with Crippen LogP contribution in [0.25, 0.3) is 0 Å². The molecule has 3 unspecified atom stereocenters. The highest BCUT2D eigenvalue weighted by atomic mass is 32.2. The lowest BCUT2D eigenvalue weighted by atomic mass is 9.95. The van der Waals surface area contributed by atoms with Crippen molar-refractivity contribution in [2.24, 2.45) is 0 Å². The molecule has 2 aliphatic heterocycles. The van der Waals surface area contributed by atoms with Gasteiger partial charge in [0.25, 0.3) is 0 Å². The molecule has 2 fully saturated rings. The zero-order valence-electron chi connectivity index (χ0n) is 14.5. The summed E-state index contributed by atoms with van der Waals surface area (Å²) in [6.07, 6.45) is 7.47. The molecule has 1 aromatic rings. The number of sulfone groups is 1. The highest BCUT2D eigenvalue weighted by Crippen LogP contribution is 2.26. The predicted molar refractivity (Wildman–Crippen MR) is 94.6 cm³/mol. The summed E-state index contributed by atoms with van der Waals surface area (Å²) in [5, 5.41) is 7.33. The van der Waals surface area contributed by atoms with Gasteiger partial charge in [-0.3, -0.25) is 10.6 Å². The summed E-state index contributed by atoms with van der Waals surface area (Å²) in [5.41, 5.74) is 1.15. The summed E-state index contributed by atoms with van der Waals surface area (Å²) in [6.45, 7) is 3.08. The highest BCUT2D eigenvalue weighted by molar-refractivity contribution is 7.90. The van der Waals surface area contributed by atoms with Gasteiger partial charge in [0.05, 0.1) is 17.2 Å². The number of hydrogen-bond donors (Lipinski definition) is 2. The maximum absolute atomic E-state index is 11.6. The quantitative estimate of drug-likeness (QED) is 0.852.